The lowest BCUT2D eigenvalue weighted by Gasteiger charge is -2.19. The maximum absolute atomic E-state index is 11.6. The van der Waals surface area contributed by atoms with Crippen molar-refractivity contribution in [3.05, 3.63) is 29.8 Å². The van der Waals surface area contributed by atoms with Crippen molar-refractivity contribution in [3.63, 3.8) is 0 Å². The van der Waals surface area contributed by atoms with Crippen molar-refractivity contribution >= 4 is 12.1 Å². The topological polar surface area (TPSA) is 84.0 Å². The molecule has 1 rings (SSSR count). The Morgan fingerprint density at radius 3 is 2.28 bits per heavy atom. The van der Waals surface area contributed by atoms with Gasteiger partial charge in [0.2, 0.25) is 0 Å². The number of alkyl carbamates (subject to hydrolysis) is 1. The first kappa shape index (κ1) is 20.6. The third-order valence-electron chi connectivity index (χ3n) is 3.01. The highest BCUT2D eigenvalue weighted by Gasteiger charge is 2.15. The van der Waals surface area contributed by atoms with Gasteiger partial charge in [0.25, 0.3) is 0 Å². The van der Waals surface area contributed by atoms with E-state index in [1.54, 1.807) is 7.11 Å². The number of amides is 1. The number of nitrogens with zero attached hydrogens (tertiary/aromatic N) is 1. The van der Waals surface area contributed by atoms with E-state index in [1.165, 1.54) is 0 Å². The van der Waals surface area contributed by atoms with Crippen molar-refractivity contribution in [1.82, 2.24) is 16.0 Å². The zero-order chi connectivity index (χ0) is 18.7. The van der Waals surface area contributed by atoms with Crippen LogP contribution in [0.2, 0.25) is 0 Å². The second-order valence-corrected chi connectivity index (χ2v) is 6.40. The summed E-state index contributed by atoms with van der Waals surface area (Å²) in [4.78, 5) is 16.1. The van der Waals surface area contributed by atoms with E-state index in [9.17, 15) is 4.79 Å². The van der Waals surface area contributed by atoms with Gasteiger partial charge in [-0.2, -0.15) is 0 Å². The molecule has 0 aliphatic carbocycles. The Kier molecular flexibility index (Phi) is 8.60. The van der Waals surface area contributed by atoms with Crippen molar-refractivity contribution in [3.8, 4) is 5.75 Å². The minimum atomic E-state index is -0.494. The second kappa shape index (κ2) is 10.4. The molecule has 25 heavy (non-hydrogen) atoms. The summed E-state index contributed by atoms with van der Waals surface area (Å²) in [6, 6.07) is 7.79. The van der Waals surface area contributed by atoms with Gasteiger partial charge in [0.1, 0.15) is 11.4 Å². The molecule has 0 atom stereocenters. The Morgan fingerprint density at radius 1 is 1.08 bits per heavy atom. The lowest BCUT2D eigenvalue weighted by molar-refractivity contribution is 0.0529. The standard InChI is InChI=1S/C18H30N4O3/c1-6-19-16(20-11-12-21-17(23)25-18(2,3)4)22-13-14-7-9-15(24-5)10-8-14/h7-10H,6,11-13H2,1-5H3,(H,21,23)(H2,19,20,22). The van der Waals surface area contributed by atoms with E-state index < -0.39 is 11.7 Å². The molecule has 0 aliphatic rings. The quantitative estimate of drug-likeness (QED) is 0.399. The number of hydrogen-bond acceptors (Lipinski definition) is 4. The first-order valence-corrected chi connectivity index (χ1v) is 8.46. The van der Waals surface area contributed by atoms with Gasteiger partial charge in [0.05, 0.1) is 13.7 Å². The minimum Gasteiger partial charge on any atom is -0.497 e. The summed E-state index contributed by atoms with van der Waals surface area (Å²) in [5.41, 5.74) is 0.594. The van der Waals surface area contributed by atoms with Gasteiger partial charge in [-0.25, -0.2) is 9.79 Å². The van der Waals surface area contributed by atoms with Crippen LogP contribution >= 0.6 is 0 Å². The smallest absolute Gasteiger partial charge is 0.407 e. The fourth-order valence-corrected chi connectivity index (χ4v) is 1.90. The van der Waals surface area contributed by atoms with Gasteiger partial charge in [-0.1, -0.05) is 12.1 Å². The first-order valence-electron chi connectivity index (χ1n) is 8.46. The van der Waals surface area contributed by atoms with E-state index in [1.807, 2.05) is 52.0 Å². The van der Waals surface area contributed by atoms with Gasteiger partial charge in [-0.05, 0) is 45.4 Å². The molecule has 0 saturated heterocycles. The van der Waals surface area contributed by atoms with E-state index in [0.717, 1.165) is 17.9 Å². The number of nitrogens with one attached hydrogen (secondary N) is 3. The van der Waals surface area contributed by atoms with Crippen LogP contribution in [0.1, 0.15) is 33.3 Å². The summed E-state index contributed by atoms with van der Waals surface area (Å²) < 4.78 is 10.3. The maximum Gasteiger partial charge on any atom is 0.407 e. The lowest BCUT2D eigenvalue weighted by atomic mass is 10.2. The van der Waals surface area contributed by atoms with Gasteiger partial charge in [0, 0.05) is 19.6 Å². The van der Waals surface area contributed by atoms with Crippen LogP contribution in [0, 0.1) is 0 Å². The normalized spacial score (nSPS) is 11.6. The molecule has 3 N–H and O–H groups in total. The predicted molar refractivity (Wildman–Crippen MR) is 100 cm³/mol. The second-order valence-electron chi connectivity index (χ2n) is 6.40. The van der Waals surface area contributed by atoms with E-state index >= 15 is 0 Å². The summed E-state index contributed by atoms with van der Waals surface area (Å²) in [5, 5.41) is 9.05. The van der Waals surface area contributed by atoms with E-state index in [2.05, 4.69) is 20.9 Å². The highest BCUT2D eigenvalue weighted by atomic mass is 16.6. The Morgan fingerprint density at radius 2 is 1.72 bits per heavy atom. The molecular weight excluding hydrogens is 320 g/mol. The summed E-state index contributed by atoms with van der Waals surface area (Å²) in [6.45, 7) is 9.81. The molecule has 0 aliphatic heterocycles. The summed E-state index contributed by atoms with van der Waals surface area (Å²) in [6.07, 6.45) is -0.422. The molecule has 0 aromatic heterocycles. The number of carbonyl (C=O) groups excluding carboxylic acids is 1. The number of ether oxygens (including phenoxy) is 2. The number of benzene rings is 1. The Hall–Kier alpha value is -2.44. The molecule has 0 heterocycles. The van der Waals surface area contributed by atoms with Crippen molar-refractivity contribution in [1.29, 1.82) is 0 Å². The molecule has 0 bridgehead atoms. The van der Waals surface area contributed by atoms with Crippen molar-refractivity contribution in [2.45, 2.75) is 39.8 Å². The van der Waals surface area contributed by atoms with Crippen LogP contribution in [-0.2, 0) is 11.3 Å². The number of carbonyl (C=O) groups is 1. The molecule has 0 spiro atoms. The maximum atomic E-state index is 11.6. The summed E-state index contributed by atoms with van der Waals surface area (Å²) in [7, 11) is 1.64. The molecule has 0 unspecified atom stereocenters. The number of hydrogen-bond donors (Lipinski definition) is 3. The molecule has 1 aromatic carbocycles. The minimum absolute atomic E-state index is 0.422. The van der Waals surface area contributed by atoms with Crippen LogP contribution in [0.5, 0.6) is 5.75 Å². The average Bonchev–Trinajstić information content (AvgIpc) is 2.55. The van der Waals surface area contributed by atoms with Crippen molar-refractivity contribution in [2.24, 2.45) is 4.99 Å². The Balaban J connectivity index is 2.41. The van der Waals surface area contributed by atoms with Gasteiger partial charge < -0.3 is 25.4 Å². The van der Waals surface area contributed by atoms with Gasteiger partial charge >= 0.3 is 6.09 Å². The Labute approximate surface area is 150 Å². The molecule has 0 saturated carbocycles. The van der Waals surface area contributed by atoms with Gasteiger partial charge in [-0.3, -0.25) is 0 Å². The number of rotatable bonds is 7. The summed E-state index contributed by atoms with van der Waals surface area (Å²) in [5.74, 6) is 1.52. The van der Waals surface area contributed by atoms with Crippen molar-refractivity contribution < 1.29 is 14.3 Å². The van der Waals surface area contributed by atoms with Crippen LogP contribution in [-0.4, -0.2) is 44.4 Å². The molecule has 7 nitrogen and oxygen atoms in total. The highest BCUT2D eigenvalue weighted by Crippen LogP contribution is 2.11. The van der Waals surface area contributed by atoms with Gasteiger partial charge in [-0.15, -0.1) is 0 Å². The van der Waals surface area contributed by atoms with Crippen LogP contribution in [0.4, 0.5) is 4.79 Å². The van der Waals surface area contributed by atoms with E-state index in [0.29, 0.717) is 25.6 Å². The molecule has 0 radical (unpaired) electrons. The van der Waals surface area contributed by atoms with Crippen LogP contribution in [0.25, 0.3) is 0 Å². The Bertz CT molecular complexity index is 550. The predicted octanol–water partition coefficient (Wildman–Crippen LogP) is 2.28. The fourth-order valence-electron chi connectivity index (χ4n) is 1.90. The number of aliphatic imine (C=N–C) groups is 1. The number of methoxy groups -OCH3 is 1. The molecule has 7 heteroatoms. The fraction of sp³-hybridized carbons (Fsp3) is 0.556. The zero-order valence-corrected chi connectivity index (χ0v) is 15.8. The lowest BCUT2D eigenvalue weighted by Crippen LogP contribution is -2.42. The van der Waals surface area contributed by atoms with Crippen LogP contribution < -0.4 is 20.7 Å². The molecular formula is C18H30N4O3. The summed E-state index contributed by atoms with van der Waals surface area (Å²) >= 11 is 0. The SMILES string of the molecule is CCNC(=NCc1ccc(OC)cc1)NCCNC(=O)OC(C)(C)C. The first-order chi connectivity index (χ1) is 11.8. The highest BCUT2D eigenvalue weighted by molar-refractivity contribution is 5.79. The van der Waals surface area contributed by atoms with Crippen molar-refractivity contribution in [2.75, 3.05) is 26.7 Å². The van der Waals surface area contributed by atoms with E-state index in [4.69, 9.17) is 9.47 Å². The zero-order valence-electron chi connectivity index (χ0n) is 15.8. The third-order valence-corrected chi connectivity index (χ3v) is 3.01. The third kappa shape index (κ3) is 9.44. The monoisotopic (exact) mass is 350 g/mol. The largest absolute Gasteiger partial charge is 0.497 e. The molecule has 1 amide bonds. The number of guanidine groups is 1. The molecule has 140 valence electrons. The van der Waals surface area contributed by atoms with Crippen LogP contribution in [0.3, 0.4) is 0 Å². The average molecular weight is 350 g/mol. The molecule has 0 fully saturated rings. The van der Waals surface area contributed by atoms with Crippen LogP contribution in [0.15, 0.2) is 29.3 Å². The van der Waals surface area contributed by atoms with E-state index in [-0.39, 0.29) is 0 Å². The van der Waals surface area contributed by atoms with Gasteiger partial charge in [0.15, 0.2) is 5.96 Å². The molecule has 1 aromatic rings.